The lowest BCUT2D eigenvalue weighted by atomic mass is 10.1. The molecule has 0 unspecified atom stereocenters. The molecule has 0 atom stereocenters. The number of phenols is 1. The van der Waals surface area contributed by atoms with Crippen LogP contribution in [-0.2, 0) is 15.8 Å². The van der Waals surface area contributed by atoms with Gasteiger partial charge in [0.05, 0.1) is 16.8 Å². The lowest BCUT2D eigenvalue weighted by molar-refractivity contribution is -0.137. The molecule has 7 heteroatoms. The summed E-state index contributed by atoms with van der Waals surface area (Å²) in [6.07, 6.45) is -3.39. The highest BCUT2D eigenvalue weighted by molar-refractivity contribution is 6.25. The Morgan fingerprint density at radius 3 is 2.20 bits per heavy atom. The maximum Gasteiger partial charge on any atom is 0.418 e. The second kappa shape index (κ2) is 7.21. The number of benzene rings is 2. The molecule has 0 bridgehead atoms. The summed E-state index contributed by atoms with van der Waals surface area (Å²) in [4.78, 5) is 24.0. The third-order valence-corrected chi connectivity index (χ3v) is 3.31. The summed E-state index contributed by atoms with van der Waals surface area (Å²) in [5.41, 5.74) is -1.29. The number of anilines is 1. The number of Topliss-reactive ketones (excluding diaryl/α,β-unsaturated/α-hetero) is 1. The quantitative estimate of drug-likeness (QED) is 0.498. The van der Waals surface area contributed by atoms with Gasteiger partial charge in [0.15, 0.2) is 5.78 Å². The van der Waals surface area contributed by atoms with Gasteiger partial charge in [0.1, 0.15) is 5.75 Å². The van der Waals surface area contributed by atoms with Crippen molar-refractivity contribution in [2.24, 2.45) is 0 Å². The molecule has 0 aromatic heterocycles. The number of para-hydroxylation sites is 1. The first-order chi connectivity index (χ1) is 11.7. The molecule has 4 nitrogen and oxygen atoms in total. The van der Waals surface area contributed by atoms with E-state index in [1.165, 1.54) is 42.5 Å². The molecule has 0 spiro atoms. The van der Waals surface area contributed by atoms with Crippen LogP contribution < -0.4 is 5.32 Å². The molecule has 0 aliphatic heterocycles. The Morgan fingerprint density at radius 2 is 1.64 bits per heavy atom. The molecule has 2 aromatic carbocycles. The number of alkyl halides is 3. The fourth-order valence-electron chi connectivity index (χ4n) is 2.09. The number of rotatable bonds is 4. The molecule has 1 amide bonds. The van der Waals surface area contributed by atoms with Crippen molar-refractivity contribution in [3.63, 3.8) is 0 Å². The zero-order valence-electron chi connectivity index (χ0n) is 13.1. The number of ketones is 1. The normalized spacial score (nSPS) is 11.9. The molecule has 0 saturated carbocycles. The van der Waals surface area contributed by atoms with Crippen molar-refractivity contribution in [3.05, 3.63) is 65.2 Å². The second-order valence-corrected chi connectivity index (χ2v) is 5.20. The van der Waals surface area contributed by atoms with Gasteiger partial charge in [-0.25, -0.2) is 0 Å². The van der Waals surface area contributed by atoms with E-state index in [0.29, 0.717) is 5.56 Å². The topological polar surface area (TPSA) is 66.4 Å². The standard InChI is InChI=1S/C18H14F3NO3/c1-11(23)14(10-12-6-8-13(24)9-7-12)17(25)22-16-5-3-2-4-15(16)18(19,20)21/h2-10,24H,1H3,(H,22,25)/b14-10+. The number of amides is 1. The van der Waals surface area contributed by atoms with E-state index >= 15 is 0 Å². The minimum Gasteiger partial charge on any atom is -0.508 e. The molecule has 2 aromatic rings. The van der Waals surface area contributed by atoms with Crippen LogP contribution in [0.1, 0.15) is 18.1 Å². The first-order valence-electron chi connectivity index (χ1n) is 7.17. The molecule has 25 heavy (non-hydrogen) atoms. The fourth-order valence-corrected chi connectivity index (χ4v) is 2.09. The Bertz CT molecular complexity index is 824. The minimum atomic E-state index is -4.64. The van der Waals surface area contributed by atoms with Crippen molar-refractivity contribution in [2.45, 2.75) is 13.1 Å². The fraction of sp³-hybridized carbons (Fsp3) is 0.111. The monoisotopic (exact) mass is 349 g/mol. The van der Waals surface area contributed by atoms with Crippen LogP contribution >= 0.6 is 0 Å². The number of hydrogen-bond donors (Lipinski definition) is 2. The summed E-state index contributed by atoms with van der Waals surface area (Å²) in [6, 6.07) is 10.2. The summed E-state index contributed by atoms with van der Waals surface area (Å²) in [5, 5.41) is 11.4. The van der Waals surface area contributed by atoms with E-state index in [2.05, 4.69) is 5.32 Å². The van der Waals surface area contributed by atoms with Gasteiger partial charge in [0.25, 0.3) is 5.91 Å². The van der Waals surface area contributed by atoms with Crippen molar-refractivity contribution >= 4 is 23.5 Å². The van der Waals surface area contributed by atoms with Crippen LogP contribution in [0.3, 0.4) is 0 Å². The largest absolute Gasteiger partial charge is 0.508 e. The number of carbonyl (C=O) groups is 2. The highest BCUT2D eigenvalue weighted by Gasteiger charge is 2.33. The van der Waals surface area contributed by atoms with Crippen molar-refractivity contribution in [1.82, 2.24) is 0 Å². The average molecular weight is 349 g/mol. The number of hydrogen-bond acceptors (Lipinski definition) is 3. The SMILES string of the molecule is CC(=O)/C(=C\c1ccc(O)cc1)C(=O)Nc1ccccc1C(F)(F)F. The van der Waals surface area contributed by atoms with Crippen molar-refractivity contribution in [2.75, 3.05) is 5.32 Å². The molecule has 2 rings (SSSR count). The third-order valence-electron chi connectivity index (χ3n) is 3.31. The van der Waals surface area contributed by atoms with Gasteiger partial charge in [-0.15, -0.1) is 0 Å². The average Bonchev–Trinajstić information content (AvgIpc) is 2.53. The van der Waals surface area contributed by atoms with Crippen LogP contribution in [-0.4, -0.2) is 16.8 Å². The van der Waals surface area contributed by atoms with Gasteiger partial charge in [-0.05, 0) is 42.8 Å². The number of aromatic hydroxyl groups is 1. The van der Waals surface area contributed by atoms with E-state index in [1.54, 1.807) is 0 Å². The van der Waals surface area contributed by atoms with Crippen LogP contribution in [0.25, 0.3) is 6.08 Å². The van der Waals surface area contributed by atoms with E-state index < -0.39 is 29.1 Å². The van der Waals surface area contributed by atoms with Crippen LogP contribution in [0.2, 0.25) is 0 Å². The number of halogens is 3. The number of carbonyl (C=O) groups excluding carboxylic acids is 2. The predicted octanol–water partition coefficient (Wildman–Crippen LogP) is 4.02. The summed E-state index contributed by atoms with van der Waals surface area (Å²) < 4.78 is 39.0. The molecule has 0 aliphatic rings. The molecular weight excluding hydrogens is 335 g/mol. The maximum absolute atomic E-state index is 13.0. The Hall–Kier alpha value is -3.09. The van der Waals surface area contributed by atoms with E-state index in [9.17, 15) is 27.9 Å². The Balaban J connectivity index is 2.34. The lowest BCUT2D eigenvalue weighted by Crippen LogP contribution is -2.21. The Morgan fingerprint density at radius 1 is 1.04 bits per heavy atom. The molecule has 0 saturated heterocycles. The second-order valence-electron chi connectivity index (χ2n) is 5.20. The van der Waals surface area contributed by atoms with E-state index in [0.717, 1.165) is 19.1 Å². The van der Waals surface area contributed by atoms with E-state index in [4.69, 9.17) is 0 Å². The number of nitrogens with one attached hydrogen (secondary N) is 1. The molecule has 0 aliphatic carbocycles. The lowest BCUT2D eigenvalue weighted by Gasteiger charge is -2.14. The van der Waals surface area contributed by atoms with Crippen molar-refractivity contribution in [3.8, 4) is 5.75 Å². The molecule has 0 heterocycles. The van der Waals surface area contributed by atoms with Crippen LogP contribution in [0.5, 0.6) is 5.75 Å². The van der Waals surface area contributed by atoms with Gasteiger partial charge in [-0.2, -0.15) is 13.2 Å². The Kier molecular flexibility index (Phi) is 5.26. The van der Waals surface area contributed by atoms with E-state index in [-0.39, 0.29) is 11.3 Å². The molecule has 0 radical (unpaired) electrons. The molecule has 2 N–H and O–H groups in total. The van der Waals surface area contributed by atoms with Gasteiger partial charge in [0, 0.05) is 0 Å². The highest BCUT2D eigenvalue weighted by atomic mass is 19.4. The van der Waals surface area contributed by atoms with Gasteiger partial charge in [-0.3, -0.25) is 9.59 Å². The van der Waals surface area contributed by atoms with Gasteiger partial charge >= 0.3 is 6.18 Å². The Labute approximate surface area is 141 Å². The summed E-state index contributed by atoms with van der Waals surface area (Å²) in [5.74, 6) is -1.54. The minimum absolute atomic E-state index is 0.00470. The smallest absolute Gasteiger partial charge is 0.418 e. The first-order valence-corrected chi connectivity index (χ1v) is 7.17. The maximum atomic E-state index is 13.0. The van der Waals surface area contributed by atoms with Gasteiger partial charge < -0.3 is 10.4 Å². The highest BCUT2D eigenvalue weighted by Crippen LogP contribution is 2.34. The van der Waals surface area contributed by atoms with Crippen LogP contribution in [0, 0.1) is 0 Å². The van der Waals surface area contributed by atoms with Crippen molar-refractivity contribution in [1.29, 1.82) is 0 Å². The first kappa shape index (κ1) is 18.3. The summed E-state index contributed by atoms with van der Waals surface area (Å²) in [6.45, 7) is 1.14. The van der Waals surface area contributed by atoms with Gasteiger partial charge in [-0.1, -0.05) is 24.3 Å². The molecular formula is C18H14F3NO3. The third kappa shape index (κ3) is 4.69. The molecule has 0 fully saturated rings. The summed E-state index contributed by atoms with van der Waals surface area (Å²) in [7, 11) is 0. The molecule has 130 valence electrons. The van der Waals surface area contributed by atoms with Crippen LogP contribution in [0.4, 0.5) is 18.9 Å². The zero-order chi connectivity index (χ0) is 18.6. The summed E-state index contributed by atoms with van der Waals surface area (Å²) >= 11 is 0. The van der Waals surface area contributed by atoms with Gasteiger partial charge in [0.2, 0.25) is 0 Å². The van der Waals surface area contributed by atoms with Crippen LogP contribution in [0.15, 0.2) is 54.1 Å². The zero-order valence-corrected chi connectivity index (χ0v) is 13.1. The van der Waals surface area contributed by atoms with Crippen molar-refractivity contribution < 1.29 is 27.9 Å². The van der Waals surface area contributed by atoms with E-state index in [1.807, 2.05) is 0 Å². The predicted molar refractivity (Wildman–Crippen MR) is 86.8 cm³/mol. The number of phenolic OH excluding ortho intramolecular Hbond substituents is 1.